The molecule has 3 N–H and O–H groups in total. The van der Waals surface area contributed by atoms with Crippen LogP contribution in [0.25, 0.3) is 5.95 Å². The fourth-order valence-electron chi connectivity index (χ4n) is 1.56. The van der Waals surface area contributed by atoms with E-state index in [1.54, 1.807) is 0 Å². The van der Waals surface area contributed by atoms with Gasteiger partial charge in [-0.2, -0.15) is 24.7 Å². The van der Waals surface area contributed by atoms with Gasteiger partial charge in [0.25, 0.3) is 5.95 Å². The summed E-state index contributed by atoms with van der Waals surface area (Å²) in [5.74, 6) is -0.331. The number of nitrogens with zero attached hydrogens (tertiary/aromatic N) is 6. The average Bonchev–Trinajstić information content (AvgIpc) is 2.95. The molecule has 0 saturated carbocycles. The van der Waals surface area contributed by atoms with Gasteiger partial charge in [-0.3, -0.25) is 0 Å². The van der Waals surface area contributed by atoms with Crippen molar-refractivity contribution in [3.05, 3.63) is 41.7 Å². The third kappa shape index (κ3) is 2.87. The van der Waals surface area contributed by atoms with Gasteiger partial charge in [0, 0.05) is 5.02 Å². The third-order valence-corrected chi connectivity index (χ3v) is 2.68. The van der Waals surface area contributed by atoms with E-state index in [1.807, 2.05) is 0 Å². The van der Waals surface area contributed by atoms with E-state index in [0.29, 0.717) is 0 Å². The third-order valence-electron chi connectivity index (χ3n) is 2.44. The van der Waals surface area contributed by atoms with Gasteiger partial charge < -0.3 is 11.1 Å². The lowest BCUT2D eigenvalue weighted by Gasteiger charge is -2.08. The summed E-state index contributed by atoms with van der Waals surface area (Å²) in [6, 6.07) is 4.18. The number of hydrogen-bond acceptors (Lipinski definition) is 7. The van der Waals surface area contributed by atoms with Crippen molar-refractivity contribution in [2.45, 2.75) is 0 Å². The fraction of sp³-hybridized carbons (Fsp3) is 0. The minimum atomic E-state index is -0.538. The van der Waals surface area contributed by atoms with Crippen LogP contribution >= 0.6 is 11.6 Å². The van der Waals surface area contributed by atoms with Crippen LogP contribution in [0.15, 0.2) is 30.9 Å². The lowest BCUT2D eigenvalue weighted by atomic mass is 10.3. The lowest BCUT2D eigenvalue weighted by Crippen LogP contribution is -2.10. The van der Waals surface area contributed by atoms with Crippen LogP contribution in [0.2, 0.25) is 5.02 Å². The predicted molar refractivity (Wildman–Crippen MR) is 73.8 cm³/mol. The number of rotatable bonds is 3. The molecular weight excluding hydrogens is 299 g/mol. The van der Waals surface area contributed by atoms with Crippen molar-refractivity contribution >= 4 is 29.2 Å². The Balaban J connectivity index is 1.95. The van der Waals surface area contributed by atoms with Gasteiger partial charge in [0.2, 0.25) is 11.9 Å². The molecule has 2 aromatic heterocycles. The van der Waals surface area contributed by atoms with Gasteiger partial charge in [-0.1, -0.05) is 11.6 Å². The molecule has 2 heterocycles. The van der Waals surface area contributed by atoms with Crippen LogP contribution < -0.4 is 11.1 Å². The maximum atomic E-state index is 13.7. The fourth-order valence-corrected chi connectivity index (χ4v) is 1.72. The summed E-state index contributed by atoms with van der Waals surface area (Å²) in [5.41, 5.74) is 5.76. The van der Waals surface area contributed by atoms with Gasteiger partial charge in [0.15, 0.2) is 0 Å². The Hall–Kier alpha value is -2.81. The van der Waals surface area contributed by atoms with Crippen molar-refractivity contribution in [3.8, 4) is 5.95 Å². The van der Waals surface area contributed by atoms with Crippen LogP contribution in [-0.2, 0) is 0 Å². The molecule has 106 valence electrons. The van der Waals surface area contributed by atoms with E-state index in [2.05, 4.69) is 30.4 Å². The molecule has 0 atom stereocenters. The smallest absolute Gasteiger partial charge is 0.258 e. The van der Waals surface area contributed by atoms with Crippen molar-refractivity contribution in [3.63, 3.8) is 0 Å². The molecule has 0 radical (unpaired) electrons. The zero-order chi connectivity index (χ0) is 14.8. The molecule has 3 aromatic rings. The first-order chi connectivity index (χ1) is 10.1. The number of nitrogens with one attached hydrogen (secondary N) is 1. The first kappa shape index (κ1) is 13.2. The van der Waals surface area contributed by atoms with E-state index in [0.717, 1.165) is 0 Å². The maximum absolute atomic E-state index is 13.7. The summed E-state index contributed by atoms with van der Waals surface area (Å²) in [6.45, 7) is 0. The molecule has 0 fully saturated rings. The average molecular weight is 307 g/mol. The molecule has 0 bridgehead atoms. The summed E-state index contributed by atoms with van der Waals surface area (Å²) < 4.78 is 15.0. The summed E-state index contributed by atoms with van der Waals surface area (Å²) in [5, 5.41) is 6.88. The van der Waals surface area contributed by atoms with Gasteiger partial charge in [-0.15, -0.1) is 0 Å². The molecule has 0 aliphatic carbocycles. The molecule has 0 spiro atoms. The molecule has 0 unspecified atom stereocenters. The second-order valence-electron chi connectivity index (χ2n) is 3.91. The first-order valence-electron chi connectivity index (χ1n) is 5.70. The number of aromatic nitrogens is 6. The topological polar surface area (TPSA) is 107 Å². The van der Waals surface area contributed by atoms with E-state index < -0.39 is 5.82 Å². The highest BCUT2D eigenvalue weighted by Gasteiger charge is 2.09. The Morgan fingerprint density at radius 2 is 2.10 bits per heavy atom. The highest BCUT2D eigenvalue weighted by molar-refractivity contribution is 6.30. The summed E-state index contributed by atoms with van der Waals surface area (Å²) in [4.78, 5) is 15.7. The van der Waals surface area contributed by atoms with Crippen LogP contribution in [0.4, 0.5) is 22.0 Å². The number of nitrogen functional groups attached to an aromatic ring is 1. The molecule has 1 aromatic carbocycles. The van der Waals surface area contributed by atoms with Crippen molar-refractivity contribution < 1.29 is 4.39 Å². The van der Waals surface area contributed by atoms with Gasteiger partial charge in [-0.25, -0.2) is 9.37 Å². The van der Waals surface area contributed by atoms with Gasteiger partial charge in [0.05, 0.1) is 5.69 Å². The van der Waals surface area contributed by atoms with Crippen LogP contribution in [0.5, 0.6) is 0 Å². The Bertz CT molecular complexity index is 776. The zero-order valence-electron chi connectivity index (χ0n) is 10.4. The van der Waals surface area contributed by atoms with Crippen LogP contribution in [0, 0.1) is 5.82 Å². The SMILES string of the molecule is Nc1nc(Nc2ccc(Cl)cc2F)nc(-n2cncn2)n1. The Labute approximate surface area is 122 Å². The zero-order valence-corrected chi connectivity index (χ0v) is 11.2. The number of nitrogens with two attached hydrogens (primary N) is 1. The molecule has 3 rings (SSSR count). The van der Waals surface area contributed by atoms with Crippen molar-refractivity contribution in [2.24, 2.45) is 0 Å². The molecule has 10 heteroatoms. The van der Waals surface area contributed by atoms with E-state index in [1.165, 1.54) is 35.5 Å². The molecule has 0 saturated heterocycles. The van der Waals surface area contributed by atoms with Crippen LogP contribution in [0.3, 0.4) is 0 Å². The van der Waals surface area contributed by atoms with Gasteiger partial charge in [0.1, 0.15) is 18.5 Å². The highest BCUT2D eigenvalue weighted by atomic mass is 35.5. The largest absolute Gasteiger partial charge is 0.368 e. The highest BCUT2D eigenvalue weighted by Crippen LogP contribution is 2.21. The van der Waals surface area contributed by atoms with Crippen molar-refractivity contribution in [1.82, 2.24) is 29.7 Å². The minimum absolute atomic E-state index is 0.0348. The second kappa shape index (κ2) is 5.29. The molecule has 21 heavy (non-hydrogen) atoms. The number of benzene rings is 1. The molecule has 0 aliphatic rings. The van der Waals surface area contributed by atoms with E-state index in [4.69, 9.17) is 17.3 Å². The number of halogens is 2. The van der Waals surface area contributed by atoms with E-state index in [9.17, 15) is 4.39 Å². The summed E-state index contributed by atoms with van der Waals surface area (Å²) in [7, 11) is 0. The standard InChI is InChI=1S/C11H8ClFN8/c12-6-1-2-8(7(13)3-6)17-10-18-9(14)19-11(20-10)21-5-15-4-16-21/h1-5H,(H3,14,17,18,19,20). The van der Waals surface area contributed by atoms with Crippen molar-refractivity contribution in [2.75, 3.05) is 11.1 Å². The van der Waals surface area contributed by atoms with Crippen LogP contribution in [0.1, 0.15) is 0 Å². The number of anilines is 3. The number of hydrogen-bond donors (Lipinski definition) is 2. The Morgan fingerprint density at radius 1 is 1.24 bits per heavy atom. The molecular formula is C11H8ClFN8. The van der Waals surface area contributed by atoms with Gasteiger partial charge in [-0.05, 0) is 18.2 Å². The maximum Gasteiger partial charge on any atom is 0.258 e. The molecule has 0 amide bonds. The monoisotopic (exact) mass is 306 g/mol. The lowest BCUT2D eigenvalue weighted by molar-refractivity contribution is 0.631. The van der Waals surface area contributed by atoms with E-state index in [-0.39, 0.29) is 28.6 Å². The summed E-state index contributed by atoms with van der Waals surface area (Å²) >= 11 is 5.69. The normalized spacial score (nSPS) is 10.6. The second-order valence-corrected chi connectivity index (χ2v) is 4.34. The van der Waals surface area contributed by atoms with Gasteiger partial charge >= 0.3 is 0 Å². The molecule has 8 nitrogen and oxygen atoms in total. The van der Waals surface area contributed by atoms with E-state index >= 15 is 0 Å². The predicted octanol–water partition coefficient (Wildman–Crippen LogP) is 1.57. The summed E-state index contributed by atoms with van der Waals surface area (Å²) in [6.07, 6.45) is 2.73. The quantitative estimate of drug-likeness (QED) is 0.756. The molecule has 0 aliphatic heterocycles. The Kier molecular flexibility index (Phi) is 3.32. The van der Waals surface area contributed by atoms with Crippen molar-refractivity contribution in [1.29, 1.82) is 0 Å². The Morgan fingerprint density at radius 3 is 2.81 bits per heavy atom. The van der Waals surface area contributed by atoms with Crippen LogP contribution in [-0.4, -0.2) is 29.7 Å². The first-order valence-corrected chi connectivity index (χ1v) is 6.08. The minimum Gasteiger partial charge on any atom is -0.368 e.